The molecule has 0 N–H and O–H groups in total. The molecule has 3 rings (SSSR count). The number of rotatable bonds is 2. The van der Waals surface area contributed by atoms with Gasteiger partial charge in [-0.05, 0) is 36.4 Å². The summed E-state index contributed by atoms with van der Waals surface area (Å²) in [6.45, 7) is 0. The first-order valence-corrected chi connectivity index (χ1v) is 6.06. The number of para-hydroxylation sites is 1. The van der Waals surface area contributed by atoms with Crippen molar-refractivity contribution in [2.45, 2.75) is 0 Å². The van der Waals surface area contributed by atoms with E-state index in [1.807, 2.05) is 18.2 Å². The fourth-order valence-corrected chi connectivity index (χ4v) is 1.87. The minimum Gasteiger partial charge on any atom is -0.449 e. The maximum Gasteiger partial charge on any atom is 0.379 e. The van der Waals surface area contributed by atoms with Gasteiger partial charge in [-0.3, -0.25) is 0 Å². The molecule has 0 spiro atoms. The number of hydrogen-bond donors (Lipinski definition) is 0. The molecule has 3 aromatic rings. The zero-order valence-corrected chi connectivity index (χ0v) is 10.6. The van der Waals surface area contributed by atoms with E-state index in [2.05, 4.69) is 0 Å². The number of hydrogen-bond acceptors (Lipinski definition) is 3. The number of furan rings is 1. The molecule has 0 bridgehead atoms. The largest absolute Gasteiger partial charge is 0.449 e. The Hall–Kier alpha value is -2.26. The molecule has 4 heteroatoms. The molecule has 0 aliphatic rings. The Balaban J connectivity index is 1.85. The van der Waals surface area contributed by atoms with E-state index in [9.17, 15) is 4.79 Å². The fourth-order valence-electron chi connectivity index (χ4n) is 1.74. The molecule has 0 amide bonds. The molecule has 94 valence electrons. The van der Waals surface area contributed by atoms with E-state index in [4.69, 9.17) is 20.8 Å². The van der Waals surface area contributed by atoms with Gasteiger partial charge in [0.15, 0.2) is 0 Å². The third-order valence-electron chi connectivity index (χ3n) is 2.65. The first-order chi connectivity index (χ1) is 9.22. The van der Waals surface area contributed by atoms with Gasteiger partial charge in [0.05, 0.1) is 0 Å². The number of halogens is 1. The Kier molecular flexibility index (Phi) is 2.97. The molecular weight excluding hydrogens is 264 g/mol. The monoisotopic (exact) mass is 272 g/mol. The number of fused-ring (bicyclic) bond motifs is 1. The summed E-state index contributed by atoms with van der Waals surface area (Å²) in [5, 5.41) is 1.45. The number of carbonyl (C=O) groups excluding carboxylic acids is 1. The van der Waals surface area contributed by atoms with E-state index >= 15 is 0 Å². The second-order valence-corrected chi connectivity index (χ2v) is 4.43. The van der Waals surface area contributed by atoms with Crippen LogP contribution in [0, 0.1) is 0 Å². The van der Waals surface area contributed by atoms with Crippen molar-refractivity contribution >= 4 is 28.5 Å². The molecule has 3 nitrogen and oxygen atoms in total. The van der Waals surface area contributed by atoms with Crippen LogP contribution in [0.3, 0.4) is 0 Å². The van der Waals surface area contributed by atoms with Gasteiger partial charge in [0.2, 0.25) is 5.76 Å². The molecule has 19 heavy (non-hydrogen) atoms. The topological polar surface area (TPSA) is 39.4 Å². The quantitative estimate of drug-likeness (QED) is 0.515. The highest BCUT2D eigenvalue weighted by Crippen LogP contribution is 2.21. The SMILES string of the molecule is O=C(Oc1ccc(Cl)cc1)c1cc2ccccc2o1. The molecule has 0 saturated heterocycles. The van der Waals surface area contributed by atoms with E-state index in [1.165, 1.54) is 0 Å². The highest BCUT2D eigenvalue weighted by molar-refractivity contribution is 6.30. The van der Waals surface area contributed by atoms with Gasteiger partial charge >= 0.3 is 5.97 Å². The van der Waals surface area contributed by atoms with Crippen molar-refractivity contribution in [1.82, 2.24) is 0 Å². The lowest BCUT2D eigenvalue weighted by Gasteiger charge is -2.01. The van der Waals surface area contributed by atoms with Crippen molar-refractivity contribution < 1.29 is 13.9 Å². The van der Waals surface area contributed by atoms with Crippen LogP contribution in [-0.4, -0.2) is 5.97 Å². The van der Waals surface area contributed by atoms with Crippen molar-refractivity contribution in [2.24, 2.45) is 0 Å². The molecule has 0 aliphatic heterocycles. The highest BCUT2D eigenvalue weighted by Gasteiger charge is 2.14. The van der Waals surface area contributed by atoms with Crippen LogP contribution < -0.4 is 4.74 Å². The van der Waals surface area contributed by atoms with Gasteiger partial charge < -0.3 is 9.15 Å². The summed E-state index contributed by atoms with van der Waals surface area (Å²) < 4.78 is 10.6. The van der Waals surface area contributed by atoms with Crippen molar-refractivity contribution in [3.8, 4) is 5.75 Å². The maximum atomic E-state index is 11.9. The van der Waals surface area contributed by atoms with Crippen LogP contribution in [0.2, 0.25) is 5.02 Å². The van der Waals surface area contributed by atoms with E-state index < -0.39 is 5.97 Å². The lowest BCUT2D eigenvalue weighted by molar-refractivity contribution is 0.0704. The van der Waals surface area contributed by atoms with Crippen molar-refractivity contribution in [3.05, 3.63) is 65.4 Å². The van der Waals surface area contributed by atoms with Gasteiger partial charge in [-0.15, -0.1) is 0 Å². The van der Waals surface area contributed by atoms with Crippen LogP contribution in [0.5, 0.6) is 5.75 Å². The molecule has 0 unspecified atom stereocenters. The first-order valence-electron chi connectivity index (χ1n) is 5.69. The van der Waals surface area contributed by atoms with Crippen LogP contribution in [0.1, 0.15) is 10.6 Å². The van der Waals surface area contributed by atoms with Gasteiger partial charge in [0.1, 0.15) is 11.3 Å². The normalized spacial score (nSPS) is 10.6. The van der Waals surface area contributed by atoms with E-state index in [0.717, 1.165) is 5.39 Å². The second kappa shape index (κ2) is 4.78. The molecular formula is C15H9ClO3. The fraction of sp³-hybridized carbons (Fsp3) is 0. The smallest absolute Gasteiger partial charge is 0.379 e. The highest BCUT2D eigenvalue weighted by atomic mass is 35.5. The second-order valence-electron chi connectivity index (χ2n) is 3.99. The average molecular weight is 273 g/mol. The summed E-state index contributed by atoms with van der Waals surface area (Å²) in [4.78, 5) is 11.9. The number of ether oxygens (including phenoxy) is 1. The van der Waals surface area contributed by atoms with Gasteiger partial charge in [0, 0.05) is 10.4 Å². The zero-order valence-electron chi connectivity index (χ0n) is 9.80. The Labute approximate surface area is 114 Å². The van der Waals surface area contributed by atoms with E-state index in [1.54, 1.807) is 36.4 Å². The van der Waals surface area contributed by atoms with E-state index in [0.29, 0.717) is 16.4 Å². The lowest BCUT2D eigenvalue weighted by Crippen LogP contribution is -2.06. The number of benzene rings is 2. The Morgan fingerprint density at radius 3 is 2.53 bits per heavy atom. The Morgan fingerprint density at radius 2 is 1.79 bits per heavy atom. The minimum atomic E-state index is -0.529. The number of esters is 1. The van der Waals surface area contributed by atoms with Crippen molar-refractivity contribution in [3.63, 3.8) is 0 Å². The number of carbonyl (C=O) groups is 1. The third-order valence-corrected chi connectivity index (χ3v) is 2.90. The summed E-state index contributed by atoms with van der Waals surface area (Å²) in [7, 11) is 0. The van der Waals surface area contributed by atoms with E-state index in [-0.39, 0.29) is 5.76 Å². The van der Waals surface area contributed by atoms with Gasteiger partial charge in [0.25, 0.3) is 0 Å². The summed E-state index contributed by atoms with van der Waals surface area (Å²) in [6, 6.07) is 15.6. The van der Waals surface area contributed by atoms with Crippen LogP contribution in [0.15, 0.2) is 59.0 Å². The summed E-state index contributed by atoms with van der Waals surface area (Å²) in [5.74, 6) is 0.0736. The molecule has 2 aromatic carbocycles. The van der Waals surface area contributed by atoms with Crippen molar-refractivity contribution in [2.75, 3.05) is 0 Å². The van der Waals surface area contributed by atoms with Gasteiger partial charge in [-0.1, -0.05) is 29.8 Å². The lowest BCUT2D eigenvalue weighted by atomic mass is 10.2. The van der Waals surface area contributed by atoms with Crippen LogP contribution in [0.4, 0.5) is 0 Å². The van der Waals surface area contributed by atoms with Crippen LogP contribution in [0.25, 0.3) is 11.0 Å². The summed E-state index contributed by atoms with van der Waals surface area (Å²) >= 11 is 5.76. The molecule has 1 heterocycles. The molecule has 0 aliphatic carbocycles. The predicted molar refractivity (Wildman–Crippen MR) is 72.6 cm³/mol. The van der Waals surface area contributed by atoms with Gasteiger partial charge in [-0.2, -0.15) is 0 Å². The Bertz CT molecular complexity index is 695. The summed E-state index contributed by atoms with van der Waals surface area (Å²) in [6.07, 6.45) is 0. The standard InChI is InChI=1S/C15H9ClO3/c16-11-5-7-12(8-6-11)18-15(17)14-9-10-3-1-2-4-13(10)19-14/h1-9H. The molecule has 0 radical (unpaired) electrons. The Morgan fingerprint density at radius 1 is 1.05 bits per heavy atom. The van der Waals surface area contributed by atoms with Crippen LogP contribution >= 0.6 is 11.6 Å². The predicted octanol–water partition coefficient (Wildman–Crippen LogP) is 4.31. The van der Waals surface area contributed by atoms with Crippen LogP contribution in [-0.2, 0) is 0 Å². The molecule has 1 aromatic heterocycles. The average Bonchev–Trinajstić information content (AvgIpc) is 2.85. The molecule has 0 atom stereocenters. The van der Waals surface area contributed by atoms with Gasteiger partial charge in [-0.25, -0.2) is 4.79 Å². The molecule has 0 saturated carbocycles. The summed E-state index contributed by atoms with van der Waals surface area (Å²) in [5.41, 5.74) is 0.658. The third kappa shape index (κ3) is 2.46. The molecule has 0 fully saturated rings. The first kappa shape index (κ1) is 11.8. The zero-order chi connectivity index (χ0) is 13.2. The maximum absolute atomic E-state index is 11.9. The minimum absolute atomic E-state index is 0.177. The van der Waals surface area contributed by atoms with Crippen molar-refractivity contribution in [1.29, 1.82) is 0 Å².